The molecule has 0 aliphatic heterocycles. The smallest absolute Gasteiger partial charge is 0.132 e. The Kier molecular flexibility index (Phi) is 6.07. The van der Waals surface area contributed by atoms with E-state index in [0.717, 1.165) is 22.3 Å². The summed E-state index contributed by atoms with van der Waals surface area (Å²) in [5.74, 6) is 1.85. The lowest BCUT2D eigenvalue weighted by Crippen LogP contribution is -2.25. The number of aliphatic hydroxyl groups is 1. The molecule has 1 fully saturated rings. The molecule has 3 aromatic heterocycles. The minimum Gasteiger partial charge on any atom is -0.389 e. The number of halogens is 1. The number of anilines is 2. The lowest BCUT2D eigenvalue weighted by atomic mass is 10.1. The van der Waals surface area contributed by atoms with Gasteiger partial charge < -0.3 is 15.0 Å². The molecule has 168 valence electrons. The molecule has 0 saturated heterocycles. The maximum Gasteiger partial charge on any atom is 0.132 e. The highest BCUT2D eigenvalue weighted by molar-refractivity contribution is 5.85. The Balaban J connectivity index is 0.00000259. The molecule has 2 N–H and O–H groups in total. The van der Waals surface area contributed by atoms with Gasteiger partial charge >= 0.3 is 0 Å². The molecule has 7 nitrogen and oxygen atoms in total. The summed E-state index contributed by atoms with van der Waals surface area (Å²) in [7, 11) is 0. The normalized spacial score (nSPS) is 13.4. The van der Waals surface area contributed by atoms with E-state index in [1.807, 2.05) is 16.7 Å². The average molecular weight is 461 g/mol. The molecule has 0 amide bonds. The van der Waals surface area contributed by atoms with Crippen LogP contribution in [0, 0.1) is 11.3 Å². The van der Waals surface area contributed by atoms with Crippen molar-refractivity contribution in [2.45, 2.75) is 44.8 Å². The van der Waals surface area contributed by atoms with Crippen molar-refractivity contribution in [3.8, 4) is 17.3 Å². The van der Waals surface area contributed by atoms with E-state index in [0.29, 0.717) is 29.7 Å². The van der Waals surface area contributed by atoms with E-state index < -0.39 is 5.60 Å². The zero-order chi connectivity index (χ0) is 22.3. The van der Waals surface area contributed by atoms with Crippen molar-refractivity contribution in [3.05, 3.63) is 66.1 Å². The van der Waals surface area contributed by atoms with Crippen LogP contribution in [-0.2, 0) is 6.54 Å². The fourth-order valence-electron chi connectivity index (χ4n) is 3.87. The molecule has 1 aromatic carbocycles. The van der Waals surface area contributed by atoms with Gasteiger partial charge in [0.15, 0.2) is 0 Å². The van der Waals surface area contributed by atoms with Crippen molar-refractivity contribution < 1.29 is 5.11 Å². The van der Waals surface area contributed by atoms with Crippen molar-refractivity contribution in [2.24, 2.45) is 0 Å². The predicted octanol–water partition coefficient (Wildman–Crippen LogP) is 5.18. The van der Waals surface area contributed by atoms with Crippen LogP contribution in [-0.4, -0.2) is 30.2 Å². The van der Waals surface area contributed by atoms with Gasteiger partial charge in [-0.25, -0.2) is 15.0 Å². The quantitative estimate of drug-likeness (QED) is 0.411. The van der Waals surface area contributed by atoms with Crippen molar-refractivity contribution in [3.63, 3.8) is 0 Å². The number of hydrogen-bond acceptors (Lipinski definition) is 6. The first-order chi connectivity index (χ1) is 15.4. The van der Waals surface area contributed by atoms with Crippen LogP contribution in [0.2, 0.25) is 0 Å². The average Bonchev–Trinajstić information content (AvgIpc) is 3.55. The Morgan fingerprint density at radius 1 is 1.12 bits per heavy atom. The van der Waals surface area contributed by atoms with E-state index in [9.17, 15) is 5.11 Å². The van der Waals surface area contributed by atoms with Gasteiger partial charge in [-0.2, -0.15) is 5.26 Å². The number of nitrogens with one attached hydrogen (secondary N) is 1. The Morgan fingerprint density at radius 3 is 2.67 bits per heavy atom. The van der Waals surface area contributed by atoms with E-state index >= 15 is 0 Å². The summed E-state index contributed by atoms with van der Waals surface area (Å²) in [5.41, 5.74) is 4.65. The van der Waals surface area contributed by atoms with E-state index in [4.69, 9.17) is 10.2 Å². The summed E-state index contributed by atoms with van der Waals surface area (Å²) >= 11 is 0. The molecule has 0 bridgehead atoms. The summed E-state index contributed by atoms with van der Waals surface area (Å²) in [6.45, 7) is 4.03. The molecule has 8 heteroatoms. The van der Waals surface area contributed by atoms with Crippen LogP contribution in [0.4, 0.5) is 11.6 Å². The summed E-state index contributed by atoms with van der Waals surface area (Å²) in [4.78, 5) is 13.6. The Labute approximate surface area is 198 Å². The number of benzene rings is 1. The van der Waals surface area contributed by atoms with Crippen molar-refractivity contribution >= 4 is 35.1 Å². The van der Waals surface area contributed by atoms with Gasteiger partial charge in [0.1, 0.15) is 11.6 Å². The number of nitriles is 1. The molecule has 0 radical (unpaired) electrons. The Bertz CT molecular complexity index is 1350. The third-order valence-corrected chi connectivity index (χ3v) is 5.52. The van der Waals surface area contributed by atoms with Gasteiger partial charge in [0.05, 0.1) is 46.8 Å². The lowest BCUT2D eigenvalue weighted by Gasteiger charge is -2.18. The number of aromatic nitrogens is 4. The number of rotatable bonds is 6. The molecule has 0 unspecified atom stereocenters. The highest BCUT2D eigenvalue weighted by atomic mass is 35.5. The second-order valence-corrected chi connectivity index (χ2v) is 9.00. The summed E-state index contributed by atoms with van der Waals surface area (Å²) in [6.07, 6.45) is 5.75. The van der Waals surface area contributed by atoms with Crippen LogP contribution < -0.4 is 5.32 Å². The van der Waals surface area contributed by atoms with E-state index in [1.54, 1.807) is 38.5 Å². The Hall–Kier alpha value is -3.47. The third-order valence-electron chi connectivity index (χ3n) is 5.52. The van der Waals surface area contributed by atoms with Crippen molar-refractivity contribution in [2.75, 3.05) is 5.32 Å². The number of hydrogen-bond donors (Lipinski definition) is 2. The second-order valence-electron chi connectivity index (χ2n) is 9.00. The minimum absolute atomic E-state index is 0. The summed E-state index contributed by atoms with van der Waals surface area (Å²) < 4.78 is 1.97. The van der Waals surface area contributed by atoms with Gasteiger partial charge in [-0.05, 0) is 74.6 Å². The molecule has 0 spiro atoms. The van der Waals surface area contributed by atoms with Crippen LogP contribution >= 0.6 is 12.4 Å². The van der Waals surface area contributed by atoms with Crippen LogP contribution in [0.5, 0.6) is 0 Å². The maximum atomic E-state index is 10.3. The molecule has 1 aliphatic carbocycles. The van der Waals surface area contributed by atoms with E-state index in [2.05, 4.69) is 39.6 Å². The van der Waals surface area contributed by atoms with Crippen LogP contribution in [0.15, 0.2) is 55.0 Å². The first-order valence-corrected chi connectivity index (χ1v) is 10.7. The maximum absolute atomic E-state index is 10.3. The first-order valence-electron chi connectivity index (χ1n) is 10.7. The fourth-order valence-corrected chi connectivity index (χ4v) is 3.87. The molecule has 1 aliphatic rings. The SMILES string of the molecule is CC(C)(O)Cn1cnc2ccc(-c3cc(C4CC4)cc(Nc4cc(C#N)ccn4)n3)cc21.Cl. The van der Waals surface area contributed by atoms with Gasteiger partial charge in [0.25, 0.3) is 0 Å². The highest BCUT2D eigenvalue weighted by Crippen LogP contribution is 2.42. The largest absolute Gasteiger partial charge is 0.389 e. The van der Waals surface area contributed by atoms with Gasteiger partial charge in [0, 0.05) is 11.8 Å². The topological polar surface area (TPSA) is 99.7 Å². The minimum atomic E-state index is -0.837. The number of fused-ring (bicyclic) bond motifs is 1. The van der Waals surface area contributed by atoms with Gasteiger partial charge in [0.2, 0.25) is 0 Å². The standard InChI is InChI=1S/C25H24N6O.ClH/c1-25(2,32)14-31-15-28-20-6-5-18(11-22(20)31)21-10-19(17-3-4-17)12-24(29-21)30-23-9-16(13-26)7-8-27-23;/h5-12,15,17,32H,3-4,14H2,1-2H3,(H,27,29,30);1H. The van der Waals surface area contributed by atoms with Crippen LogP contribution in [0.25, 0.3) is 22.3 Å². The van der Waals surface area contributed by atoms with Crippen molar-refractivity contribution in [1.29, 1.82) is 5.26 Å². The monoisotopic (exact) mass is 460 g/mol. The molecular formula is C25H25ClN6O. The van der Waals surface area contributed by atoms with E-state index in [-0.39, 0.29) is 12.4 Å². The Morgan fingerprint density at radius 2 is 1.94 bits per heavy atom. The van der Waals surface area contributed by atoms with Gasteiger partial charge in [-0.1, -0.05) is 6.07 Å². The zero-order valence-electron chi connectivity index (χ0n) is 18.5. The van der Waals surface area contributed by atoms with Gasteiger partial charge in [-0.15, -0.1) is 12.4 Å². The molecular weight excluding hydrogens is 436 g/mol. The third kappa shape index (κ3) is 5.14. The number of imidazole rings is 1. The molecule has 0 atom stereocenters. The second kappa shape index (κ2) is 8.81. The zero-order valence-corrected chi connectivity index (χ0v) is 19.3. The lowest BCUT2D eigenvalue weighted by molar-refractivity contribution is 0.0626. The molecule has 3 heterocycles. The first kappa shape index (κ1) is 22.7. The fraction of sp³-hybridized carbons (Fsp3) is 0.280. The van der Waals surface area contributed by atoms with Crippen LogP contribution in [0.3, 0.4) is 0 Å². The number of pyridine rings is 2. The molecule has 5 rings (SSSR count). The highest BCUT2D eigenvalue weighted by Gasteiger charge is 2.25. The van der Waals surface area contributed by atoms with E-state index in [1.165, 1.54) is 18.4 Å². The predicted molar refractivity (Wildman–Crippen MR) is 131 cm³/mol. The summed E-state index contributed by atoms with van der Waals surface area (Å²) in [5, 5.41) is 22.7. The summed E-state index contributed by atoms with van der Waals surface area (Å²) in [6, 6.07) is 15.8. The van der Waals surface area contributed by atoms with Crippen LogP contribution in [0.1, 0.15) is 43.7 Å². The molecule has 1 saturated carbocycles. The molecule has 4 aromatic rings. The molecule has 33 heavy (non-hydrogen) atoms. The number of nitrogens with zero attached hydrogens (tertiary/aromatic N) is 5. The van der Waals surface area contributed by atoms with Gasteiger partial charge in [-0.3, -0.25) is 0 Å². The van der Waals surface area contributed by atoms with Crippen molar-refractivity contribution in [1.82, 2.24) is 19.5 Å².